The summed E-state index contributed by atoms with van der Waals surface area (Å²) in [6.07, 6.45) is 3.19. The summed E-state index contributed by atoms with van der Waals surface area (Å²) < 4.78 is 4.70. The molecule has 27 heavy (non-hydrogen) atoms. The number of fused-ring (bicyclic) bond motifs is 1. The number of thiophene rings is 1. The van der Waals surface area contributed by atoms with Gasteiger partial charge in [0, 0.05) is 42.7 Å². The fourth-order valence-electron chi connectivity index (χ4n) is 4.07. The van der Waals surface area contributed by atoms with Crippen molar-refractivity contribution in [3.8, 4) is 0 Å². The Morgan fingerprint density at radius 1 is 1.04 bits per heavy atom. The second kappa shape index (κ2) is 7.82. The summed E-state index contributed by atoms with van der Waals surface area (Å²) in [6.45, 7) is 3.75. The zero-order valence-corrected chi connectivity index (χ0v) is 16.3. The quantitative estimate of drug-likeness (QED) is 0.763. The zero-order valence-electron chi connectivity index (χ0n) is 15.5. The van der Waals surface area contributed by atoms with Crippen molar-refractivity contribution in [2.75, 3.05) is 26.7 Å². The van der Waals surface area contributed by atoms with E-state index in [1.807, 2.05) is 16.2 Å². The minimum atomic E-state index is -0.384. The van der Waals surface area contributed by atoms with Crippen LogP contribution in [0.3, 0.4) is 0 Å². The molecule has 0 saturated carbocycles. The summed E-state index contributed by atoms with van der Waals surface area (Å²) in [5.74, 6) is -0.339. The molecule has 2 aliphatic heterocycles. The van der Waals surface area contributed by atoms with E-state index in [4.69, 9.17) is 4.74 Å². The van der Waals surface area contributed by atoms with Gasteiger partial charge in [0.25, 0.3) is 5.91 Å². The maximum absolute atomic E-state index is 12.8. The molecule has 4 rings (SSSR count). The highest BCUT2D eigenvalue weighted by Crippen LogP contribution is 2.28. The Morgan fingerprint density at radius 3 is 2.44 bits per heavy atom. The van der Waals surface area contributed by atoms with Crippen LogP contribution >= 0.6 is 11.3 Å². The number of piperidine rings is 1. The summed E-state index contributed by atoms with van der Waals surface area (Å²) in [5, 5.41) is 2.20. The molecule has 0 atom stereocenters. The van der Waals surface area contributed by atoms with Crippen molar-refractivity contribution in [2.24, 2.45) is 0 Å². The largest absolute Gasteiger partial charge is 0.465 e. The predicted molar refractivity (Wildman–Crippen MR) is 105 cm³/mol. The van der Waals surface area contributed by atoms with Crippen LogP contribution in [0, 0.1) is 0 Å². The summed E-state index contributed by atoms with van der Waals surface area (Å²) in [6, 6.07) is 9.54. The number of nitrogens with zero attached hydrogens (tertiary/aromatic N) is 2. The molecule has 0 radical (unpaired) electrons. The van der Waals surface area contributed by atoms with Gasteiger partial charge in [-0.05, 0) is 60.5 Å². The van der Waals surface area contributed by atoms with Crippen LogP contribution in [0.2, 0.25) is 0 Å². The molecule has 142 valence electrons. The lowest BCUT2D eigenvalue weighted by Gasteiger charge is -2.40. The lowest BCUT2D eigenvalue weighted by Crippen LogP contribution is -2.47. The van der Waals surface area contributed by atoms with Crippen LogP contribution in [0.5, 0.6) is 0 Å². The number of amides is 1. The van der Waals surface area contributed by atoms with Crippen LogP contribution in [0.25, 0.3) is 0 Å². The number of benzene rings is 1. The number of methoxy groups -OCH3 is 1. The van der Waals surface area contributed by atoms with E-state index in [-0.39, 0.29) is 11.9 Å². The van der Waals surface area contributed by atoms with E-state index in [1.165, 1.54) is 17.6 Å². The molecule has 6 heteroatoms. The smallest absolute Gasteiger partial charge is 0.337 e. The van der Waals surface area contributed by atoms with E-state index in [0.717, 1.165) is 45.4 Å². The van der Waals surface area contributed by atoms with Gasteiger partial charge in [0.1, 0.15) is 0 Å². The molecule has 0 spiro atoms. The SMILES string of the molecule is COC(=O)c1ccc(C(=O)N2CCC(N3CCc4sccc4C3)CC2)cc1. The van der Waals surface area contributed by atoms with Gasteiger partial charge in [0.05, 0.1) is 12.7 Å². The molecule has 3 heterocycles. The normalized spacial score (nSPS) is 18.2. The van der Waals surface area contributed by atoms with Crippen LogP contribution in [0.4, 0.5) is 0 Å². The van der Waals surface area contributed by atoms with Crippen molar-refractivity contribution in [1.82, 2.24) is 9.80 Å². The number of ether oxygens (including phenoxy) is 1. The average molecular weight is 385 g/mol. The zero-order chi connectivity index (χ0) is 18.8. The summed E-state index contributed by atoms with van der Waals surface area (Å²) in [7, 11) is 1.35. The molecule has 1 aromatic heterocycles. The molecule has 0 unspecified atom stereocenters. The number of carbonyl (C=O) groups is 2. The Balaban J connectivity index is 1.34. The molecular weight excluding hydrogens is 360 g/mol. The third-order valence-electron chi connectivity index (χ3n) is 5.66. The standard InChI is InChI=1S/C21H24N2O3S/c1-26-21(25)16-4-2-15(3-5-16)20(24)22-10-6-18(7-11-22)23-12-8-19-17(14-23)9-13-27-19/h2-5,9,13,18H,6-8,10-12,14H2,1H3. The average Bonchev–Trinajstić information content (AvgIpc) is 3.21. The first-order valence-corrected chi connectivity index (χ1v) is 10.3. The minimum absolute atomic E-state index is 0.0450. The van der Waals surface area contributed by atoms with Crippen molar-refractivity contribution in [3.63, 3.8) is 0 Å². The minimum Gasteiger partial charge on any atom is -0.465 e. The Bertz CT molecular complexity index is 822. The van der Waals surface area contributed by atoms with E-state index >= 15 is 0 Å². The van der Waals surface area contributed by atoms with Crippen LogP contribution < -0.4 is 0 Å². The summed E-state index contributed by atoms with van der Waals surface area (Å²) in [4.78, 5) is 30.3. The lowest BCUT2D eigenvalue weighted by molar-refractivity contribution is 0.0588. The van der Waals surface area contributed by atoms with Gasteiger partial charge in [-0.15, -0.1) is 11.3 Å². The highest BCUT2D eigenvalue weighted by Gasteiger charge is 2.29. The Hall–Kier alpha value is -2.18. The Kier molecular flexibility index (Phi) is 5.27. The molecule has 1 fully saturated rings. The maximum atomic E-state index is 12.8. The molecule has 1 amide bonds. The number of rotatable bonds is 3. The van der Waals surface area contributed by atoms with Gasteiger partial charge in [0.2, 0.25) is 0 Å². The number of hydrogen-bond acceptors (Lipinski definition) is 5. The molecule has 1 aromatic carbocycles. The number of likely N-dealkylation sites (tertiary alicyclic amines) is 1. The van der Waals surface area contributed by atoms with Crippen molar-refractivity contribution in [1.29, 1.82) is 0 Å². The second-order valence-electron chi connectivity index (χ2n) is 7.18. The van der Waals surface area contributed by atoms with E-state index in [1.54, 1.807) is 24.3 Å². The lowest BCUT2D eigenvalue weighted by atomic mass is 9.99. The van der Waals surface area contributed by atoms with Crippen molar-refractivity contribution in [2.45, 2.75) is 31.8 Å². The fourth-order valence-corrected chi connectivity index (χ4v) is 4.96. The van der Waals surface area contributed by atoms with E-state index in [2.05, 4.69) is 16.3 Å². The topological polar surface area (TPSA) is 49.9 Å². The van der Waals surface area contributed by atoms with Crippen LogP contribution in [0.1, 0.15) is 44.0 Å². The maximum Gasteiger partial charge on any atom is 0.337 e. The number of carbonyl (C=O) groups excluding carboxylic acids is 2. The highest BCUT2D eigenvalue weighted by atomic mass is 32.1. The third kappa shape index (κ3) is 3.77. The first-order chi connectivity index (χ1) is 13.2. The van der Waals surface area contributed by atoms with E-state index < -0.39 is 0 Å². The molecule has 0 N–H and O–H groups in total. The van der Waals surface area contributed by atoms with E-state index in [9.17, 15) is 9.59 Å². The third-order valence-corrected chi connectivity index (χ3v) is 6.68. The van der Waals surface area contributed by atoms with Gasteiger partial charge in [-0.1, -0.05) is 0 Å². The molecule has 0 bridgehead atoms. The first kappa shape index (κ1) is 18.2. The fraction of sp³-hybridized carbons (Fsp3) is 0.429. The van der Waals surface area contributed by atoms with Gasteiger partial charge in [-0.3, -0.25) is 9.69 Å². The Morgan fingerprint density at radius 2 is 1.74 bits per heavy atom. The van der Waals surface area contributed by atoms with Crippen LogP contribution in [0.15, 0.2) is 35.7 Å². The molecule has 5 nitrogen and oxygen atoms in total. The molecule has 2 aromatic rings. The predicted octanol–water partition coefficient (Wildman–Crippen LogP) is 3.20. The van der Waals surface area contributed by atoms with Crippen LogP contribution in [-0.2, 0) is 17.7 Å². The van der Waals surface area contributed by atoms with Crippen molar-refractivity contribution in [3.05, 3.63) is 57.3 Å². The first-order valence-electron chi connectivity index (χ1n) is 9.42. The summed E-state index contributed by atoms with van der Waals surface area (Å²) in [5.41, 5.74) is 2.57. The molecule has 2 aliphatic rings. The second-order valence-corrected chi connectivity index (χ2v) is 8.18. The van der Waals surface area contributed by atoms with Gasteiger partial charge in [-0.25, -0.2) is 4.79 Å². The molecule has 0 aliphatic carbocycles. The van der Waals surface area contributed by atoms with E-state index in [0.29, 0.717) is 17.2 Å². The van der Waals surface area contributed by atoms with Gasteiger partial charge in [-0.2, -0.15) is 0 Å². The Labute approximate surface area is 163 Å². The number of esters is 1. The van der Waals surface area contributed by atoms with Crippen molar-refractivity contribution >= 4 is 23.2 Å². The van der Waals surface area contributed by atoms with Gasteiger partial charge >= 0.3 is 5.97 Å². The molecule has 1 saturated heterocycles. The van der Waals surface area contributed by atoms with Gasteiger partial charge in [0.15, 0.2) is 0 Å². The summed E-state index contributed by atoms with van der Waals surface area (Å²) >= 11 is 1.87. The highest BCUT2D eigenvalue weighted by molar-refractivity contribution is 7.10. The molecular formula is C21H24N2O3S. The van der Waals surface area contributed by atoms with Crippen LogP contribution in [-0.4, -0.2) is 54.5 Å². The van der Waals surface area contributed by atoms with Gasteiger partial charge < -0.3 is 9.64 Å². The number of hydrogen-bond donors (Lipinski definition) is 0. The monoisotopic (exact) mass is 384 g/mol. The van der Waals surface area contributed by atoms with Crippen molar-refractivity contribution < 1.29 is 14.3 Å².